The lowest BCUT2D eigenvalue weighted by atomic mass is 9.98. The quantitative estimate of drug-likeness (QED) is 0.505. The number of aliphatic carboxylic acids is 1. The van der Waals surface area contributed by atoms with Crippen molar-refractivity contribution >= 4 is 5.97 Å². The number of carbonyl (C=O) groups is 1. The Hall–Kier alpha value is -1.25. The Bertz CT molecular complexity index is 196. The fourth-order valence-electron chi connectivity index (χ4n) is 0.748. The minimum Gasteiger partial charge on any atom is -0.498 e. The summed E-state index contributed by atoms with van der Waals surface area (Å²) < 4.78 is 5.01. The fourth-order valence-corrected chi connectivity index (χ4v) is 0.748. The fraction of sp³-hybridized carbons (Fsp3) is 0.444. The van der Waals surface area contributed by atoms with E-state index in [4.69, 9.17) is 9.84 Å². The van der Waals surface area contributed by atoms with Gasteiger partial charge in [0.15, 0.2) is 0 Å². The molecule has 0 bridgehead atoms. The highest BCUT2D eigenvalue weighted by Gasteiger charge is 2.20. The van der Waals surface area contributed by atoms with Crippen molar-refractivity contribution in [2.45, 2.75) is 20.0 Å². The van der Waals surface area contributed by atoms with Gasteiger partial charge in [0.2, 0.25) is 0 Å². The lowest BCUT2D eigenvalue weighted by Crippen LogP contribution is -2.21. The van der Waals surface area contributed by atoms with Gasteiger partial charge in [0.1, 0.15) is 6.10 Å². The largest absolute Gasteiger partial charge is 0.498 e. The molecule has 0 amide bonds. The van der Waals surface area contributed by atoms with Crippen LogP contribution in [0, 0.1) is 5.92 Å². The molecular formula is C9H14O3. The zero-order chi connectivity index (χ0) is 9.72. The van der Waals surface area contributed by atoms with Gasteiger partial charge in [-0.1, -0.05) is 20.1 Å². The Balaban J connectivity index is 4.17. The van der Waals surface area contributed by atoms with Gasteiger partial charge in [-0.15, -0.1) is 0 Å². The monoisotopic (exact) mass is 170 g/mol. The summed E-state index contributed by atoms with van der Waals surface area (Å²) in [6.07, 6.45) is 1.10. The molecule has 2 unspecified atom stereocenters. The van der Waals surface area contributed by atoms with Gasteiger partial charge >= 0.3 is 5.97 Å². The summed E-state index contributed by atoms with van der Waals surface area (Å²) in [5, 5.41) is 8.59. The van der Waals surface area contributed by atoms with Crippen molar-refractivity contribution in [2.24, 2.45) is 5.92 Å². The van der Waals surface area contributed by atoms with Gasteiger partial charge in [0, 0.05) is 11.5 Å². The van der Waals surface area contributed by atoms with Crippen molar-refractivity contribution in [1.82, 2.24) is 0 Å². The van der Waals surface area contributed by atoms with Crippen LogP contribution in [0.15, 0.2) is 25.0 Å². The first-order chi connectivity index (χ1) is 5.50. The lowest BCUT2D eigenvalue weighted by molar-refractivity contribution is -0.133. The van der Waals surface area contributed by atoms with Crippen molar-refractivity contribution in [3.05, 3.63) is 25.0 Å². The summed E-state index contributed by atoms with van der Waals surface area (Å²) in [7, 11) is 0. The Labute approximate surface area is 72.3 Å². The van der Waals surface area contributed by atoms with Crippen LogP contribution in [0.1, 0.15) is 13.8 Å². The Morgan fingerprint density at radius 2 is 2.08 bits per heavy atom. The zero-order valence-corrected chi connectivity index (χ0v) is 7.41. The lowest BCUT2D eigenvalue weighted by Gasteiger charge is -2.18. The van der Waals surface area contributed by atoms with Crippen LogP contribution in [-0.2, 0) is 9.53 Å². The molecule has 0 saturated heterocycles. The van der Waals surface area contributed by atoms with E-state index in [2.05, 4.69) is 13.2 Å². The van der Waals surface area contributed by atoms with Crippen LogP contribution in [0.5, 0.6) is 0 Å². The second-order valence-electron chi connectivity index (χ2n) is 2.63. The molecule has 0 radical (unpaired) electrons. The number of hydrogen-bond acceptors (Lipinski definition) is 2. The minimum absolute atomic E-state index is 0.157. The molecule has 0 fully saturated rings. The van der Waals surface area contributed by atoms with Crippen LogP contribution in [0.25, 0.3) is 0 Å². The minimum atomic E-state index is -0.984. The molecule has 0 saturated carbocycles. The Morgan fingerprint density at radius 1 is 1.58 bits per heavy atom. The van der Waals surface area contributed by atoms with Crippen LogP contribution < -0.4 is 0 Å². The summed E-state index contributed by atoms with van der Waals surface area (Å²) in [6.45, 7) is 10.4. The van der Waals surface area contributed by atoms with Crippen LogP contribution >= 0.6 is 0 Å². The molecule has 0 rings (SSSR count). The number of rotatable bonds is 5. The predicted octanol–water partition coefficient (Wildman–Crippen LogP) is 1.81. The van der Waals surface area contributed by atoms with E-state index in [1.54, 1.807) is 13.8 Å². The average molecular weight is 170 g/mol. The van der Waals surface area contributed by atoms with E-state index < -0.39 is 5.97 Å². The number of ether oxygens (including phenoxy) is 1. The normalized spacial score (nSPS) is 14.5. The molecule has 0 spiro atoms. The third-order valence-electron chi connectivity index (χ3n) is 1.84. The Kier molecular flexibility index (Phi) is 4.11. The third kappa shape index (κ3) is 2.78. The molecule has 2 atom stereocenters. The van der Waals surface area contributed by atoms with E-state index in [1.165, 1.54) is 6.26 Å². The van der Waals surface area contributed by atoms with E-state index >= 15 is 0 Å². The van der Waals surface area contributed by atoms with E-state index in [-0.39, 0.29) is 17.6 Å². The molecule has 0 aliphatic heterocycles. The highest BCUT2D eigenvalue weighted by molar-refractivity contribution is 5.86. The van der Waals surface area contributed by atoms with Crippen molar-refractivity contribution in [3.63, 3.8) is 0 Å². The summed E-state index contributed by atoms with van der Waals surface area (Å²) in [5.74, 6) is -1.19. The maximum atomic E-state index is 10.5. The van der Waals surface area contributed by atoms with Crippen molar-refractivity contribution in [3.8, 4) is 0 Å². The molecule has 12 heavy (non-hydrogen) atoms. The third-order valence-corrected chi connectivity index (χ3v) is 1.84. The van der Waals surface area contributed by atoms with Crippen molar-refractivity contribution < 1.29 is 14.6 Å². The van der Waals surface area contributed by atoms with Crippen LogP contribution in [0.4, 0.5) is 0 Å². The highest BCUT2D eigenvalue weighted by Crippen LogP contribution is 2.15. The van der Waals surface area contributed by atoms with Crippen LogP contribution in [0.2, 0.25) is 0 Å². The molecule has 1 N–H and O–H groups in total. The first-order valence-electron chi connectivity index (χ1n) is 3.69. The number of hydrogen-bond donors (Lipinski definition) is 1. The smallest absolute Gasteiger partial charge is 0.331 e. The second-order valence-corrected chi connectivity index (χ2v) is 2.63. The number of carboxylic acids is 1. The molecule has 68 valence electrons. The molecule has 3 heteroatoms. The molecule has 0 aromatic rings. The average Bonchev–Trinajstić information content (AvgIpc) is 2.02. The summed E-state index contributed by atoms with van der Waals surface area (Å²) in [6, 6.07) is 0. The van der Waals surface area contributed by atoms with Gasteiger partial charge in [0.05, 0.1) is 6.26 Å². The first-order valence-corrected chi connectivity index (χ1v) is 3.69. The molecule has 0 aliphatic rings. The molecule has 3 nitrogen and oxygen atoms in total. The van der Waals surface area contributed by atoms with Gasteiger partial charge < -0.3 is 9.84 Å². The van der Waals surface area contributed by atoms with Crippen molar-refractivity contribution in [2.75, 3.05) is 0 Å². The molecule has 0 heterocycles. The van der Waals surface area contributed by atoms with Crippen molar-refractivity contribution in [1.29, 1.82) is 0 Å². The second kappa shape index (κ2) is 4.59. The Morgan fingerprint density at radius 3 is 2.42 bits per heavy atom. The molecule has 0 aromatic carbocycles. The van der Waals surface area contributed by atoms with E-state index in [0.717, 1.165) is 0 Å². The van der Waals surface area contributed by atoms with E-state index in [1.807, 2.05) is 0 Å². The van der Waals surface area contributed by atoms with Crippen LogP contribution in [0.3, 0.4) is 0 Å². The van der Waals surface area contributed by atoms with Gasteiger partial charge in [-0.2, -0.15) is 0 Å². The van der Waals surface area contributed by atoms with Gasteiger partial charge in [0.25, 0.3) is 0 Å². The maximum Gasteiger partial charge on any atom is 0.331 e. The first kappa shape index (κ1) is 10.8. The van der Waals surface area contributed by atoms with Gasteiger partial charge in [-0.25, -0.2) is 4.79 Å². The zero-order valence-electron chi connectivity index (χ0n) is 7.41. The SMILES string of the molecule is C=COC(C)C(C)C(=C)C(=O)O. The molecule has 0 aliphatic carbocycles. The summed E-state index contributed by atoms with van der Waals surface area (Å²) in [5.41, 5.74) is 0.157. The standard InChI is InChI=1S/C9H14O3/c1-5-12-8(4)6(2)7(3)9(10)11/h5-6,8H,1,3H2,2,4H3,(H,10,11). The van der Waals surface area contributed by atoms with E-state index in [0.29, 0.717) is 0 Å². The summed E-state index contributed by atoms with van der Waals surface area (Å²) >= 11 is 0. The highest BCUT2D eigenvalue weighted by atomic mass is 16.5. The topological polar surface area (TPSA) is 46.5 Å². The van der Waals surface area contributed by atoms with Gasteiger partial charge in [-0.3, -0.25) is 0 Å². The van der Waals surface area contributed by atoms with Gasteiger partial charge in [-0.05, 0) is 6.92 Å². The summed E-state index contributed by atoms with van der Waals surface area (Å²) in [4.78, 5) is 10.5. The van der Waals surface area contributed by atoms with E-state index in [9.17, 15) is 4.79 Å². The maximum absolute atomic E-state index is 10.5. The van der Waals surface area contributed by atoms with Crippen LogP contribution in [-0.4, -0.2) is 17.2 Å². The number of carboxylic acid groups (broad SMARTS) is 1. The molecule has 0 aromatic heterocycles. The predicted molar refractivity (Wildman–Crippen MR) is 46.7 cm³/mol. The molecular weight excluding hydrogens is 156 g/mol.